The van der Waals surface area contributed by atoms with Crippen molar-refractivity contribution in [3.63, 3.8) is 0 Å². The number of Topliss-reactive ketones (excluding diaryl/α,β-unsaturated/α-hetero) is 1. The number of benzene rings is 2. The summed E-state index contributed by atoms with van der Waals surface area (Å²) in [5, 5.41) is 0.932. The fourth-order valence-electron chi connectivity index (χ4n) is 3.64. The molecule has 6 nitrogen and oxygen atoms in total. The number of para-hydroxylation sites is 1. The van der Waals surface area contributed by atoms with Gasteiger partial charge in [0, 0.05) is 28.0 Å². The molecular weight excluding hydrogens is 392 g/mol. The second kappa shape index (κ2) is 8.44. The maximum Gasteiger partial charge on any atom is 0.357 e. The van der Waals surface area contributed by atoms with E-state index in [1.165, 1.54) is 0 Å². The van der Waals surface area contributed by atoms with Gasteiger partial charge >= 0.3 is 5.97 Å². The summed E-state index contributed by atoms with van der Waals surface area (Å²) >= 11 is 0. The standard InChI is InChI=1S/C25H22N2O4/c1-16-14-21(17(2)27(16)19-9-11-20(30-3)12-10-19)24(28)15-31-25(29)23-13-8-18-6-4-5-7-22(18)26-23/h4-14H,15H2,1-3H3. The Morgan fingerprint density at radius 3 is 2.45 bits per heavy atom. The molecule has 0 unspecified atom stereocenters. The lowest BCUT2D eigenvalue weighted by atomic mass is 10.1. The maximum absolute atomic E-state index is 12.8. The number of aryl methyl sites for hydroxylation is 1. The minimum absolute atomic E-state index is 0.176. The fourth-order valence-corrected chi connectivity index (χ4v) is 3.64. The molecule has 2 aromatic carbocycles. The Bertz CT molecular complexity index is 1270. The molecule has 0 fully saturated rings. The summed E-state index contributed by atoms with van der Waals surface area (Å²) < 4.78 is 12.4. The Morgan fingerprint density at radius 1 is 0.968 bits per heavy atom. The number of hydrogen-bond acceptors (Lipinski definition) is 5. The van der Waals surface area contributed by atoms with Gasteiger partial charge in [-0.3, -0.25) is 4.79 Å². The van der Waals surface area contributed by atoms with E-state index in [2.05, 4.69) is 4.98 Å². The van der Waals surface area contributed by atoms with Crippen LogP contribution in [0.4, 0.5) is 0 Å². The van der Waals surface area contributed by atoms with Crippen molar-refractivity contribution >= 4 is 22.7 Å². The summed E-state index contributed by atoms with van der Waals surface area (Å²) in [6, 6.07) is 20.3. The number of carbonyl (C=O) groups excluding carboxylic acids is 2. The molecule has 0 aliphatic carbocycles. The number of methoxy groups -OCH3 is 1. The third kappa shape index (κ3) is 4.05. The number of nitrogens with zero attached hydrogens (tertiary/aromatic N) is 2. The molecule has 2 aromatic heterocycles. The van der Waals surface area contributed by atoms with Gasteiger partial charge in [0.1, 0.15) is 11.4 Å². The van der Waals surface area contributed by atoms with Crippen molar-refractivity contribution in [1.82, 2.24) is 9.55 Å². The zero-order valence-electron chi connectivity index (χ0n) is 17.6. The molecule has 0 bridgehead atoms. The van der Waals surface area contributed by atoms with E-state index in [9.17, 15) is 9.59 Å². The van der Waals surface area contributed by atoms with Crippen LogP contribution in [0.1, 0.15) is 32.2 Å². The van der Waals surface area contributed by atoms with Crippen molar-refractivity contribution in [2.75, 3.05) is 13.7 Å². The topological polar surface area (TPSA) is 70.4 Å². The summed E-state index contributed by atoms with van der Waals surface area (Å²) in [6.45, 7) is 3.45. The number of fused-ring (bicyclic) bond motifs is 1. The normalized spacial score (nSPS) is 10.8. The molecule has 0 N–H and O–H groups in total. The van der Waals surface area contributed by atoms with Crippen LogP contribution >= 0.6 is 0 Å². The van der Waals surface area contributed by atoms with Crippen molar-refractivity contribution in [1.29, 1.82) is 0 Å². The highest BCUT2D eigenvalue weighted by Crippen LogP contribution is 2.23. The summed E-state index contributed by atoms with van der Waals surface area (Å²) in [7, 11) is 1.62. The average molecular weight is 414 g/mol. The molecule has 0 saturated carbocycles. The van der Waals surface area contributed by atoms with E-state index in [1.54, 1.807) is 13.2 Å². The largest absolute Gasteiger partial charge is 0.497 e. The lowest BCUT2D eigenvalue weighted by Gasteiger charge is -2.11. The van der Waals surface area contributed by atoms with Crippen LogP contribution in [-0.4, -0.2) is 35.0 Å². The number of ketones is 1. The third-order valence-corrected chi connectivity index (χ3v) is 5.20. The van der Waals surface area contributed by atoms with Crippen LogP contribution in [0, 0.1) is 13.8 Å². The van der Waals surface area contributed by atoms with E-state index in [0.717, 1.165) is 28.2 Å². The first kappa shape index (κ1) is 20.3. The number of rotatable bonds is 6. The molecule has 156 valence electrons. The maximum atomic E-state index is 12.8. The smallest absolute Gasteiger partial charge is 0.357 e. The lowest BCUT2D eigenvalue weighted by molar-refractivity contribution is 0.0469. The number of aromatic nitrogens is 2. The number of ether oxygens (including phenoxy) is 2. The zero-order chi connectivity index (χ0) is 22.0. The van der Waals surface area contributed by atoms with Gasteiger partial charge < -0.3 is 14.0 Å². The second-order valence-electron chi connectivity index (χ2n) is 7.21. The minimum atomic E-state index is -0.622. The Morgan fingerprint density at radius 2 is 1.71 bits per heavy atom. The lowest BCUT2D eigenvalue weighted by Crippen LogP contribution is -2.16. The fraction of sp³-hybridized carbons (Fsp3) is 0.160. The number of esters is 1. The van der Waals surface area contributed by atoms with Crippen molar-refractivity contribution in [2.45, 2.75) is 13.8 Å². The Kier molecular flexibility index (Phi) is 5.54. The van der Waals surface area contributed by atoms with Crippen molar-refractivity contribution in [3.8, 4) is 11.4 Å². The second-order valence-corrected chi connectivity index (χ2v) is 7.21. The van der Waals surface area contributed by atoms with E-state index in [-0.39, 0.29) is 18.1 Å². The molecule has 31 heavy (non-hydrogen) atoms. The van der Waals surface area contributed by atoms with Crippen LogP contribution in [0.2, 0.25) is 0 Å². The molecule has 6 heteroatoms. The number of carbonyl (C=O) groups is 2. The molecule has 0 aliphatic rings. The summed E-state index contributed by atoms with van der Waals surface area (Å²) in [5.41, 5.74) is 4.02. The number of hydrogen-bond donors (Lipinski definition) is 0. The van der Waals surface area contributed by atoms with E-state index in [1.807, 2.05) is 79.1 Å². The minimum Gasteiger partial charge on any atom is -0.497 e. The van der Waals surface area contributed by atoms with E-state index in [4.69, 9.17) is 9.47 Å². The van der Waals surface area contributed by atoms with Gasteiger partial charge in [0.2, 0.25) is 5.78 Å². The first-order chi connectivity index (χ1) is 15.0. The molecule has 0 saturated heterocycles. The number of pyridine rings is 1. The molecule has 4 aromatic rings. The highest BCUT2D eigenvalue weighted by atomic mass is 16.5. The Balaban J connectivity index is 1.49. The molecule has 0 amide bonds. The van der Waals surface area contributed by atoms with Crippen molar-refractivity contribution < 1.29 is 19.1 Å². The first-order valence-corrected chi connectivity index (χ1v) is 9.87. The summed E-state index contributed by atoms with van der Waals surface area (Å²) in [5.74, 6) is -0.123. The Labute approximate surface area is 180 Å². The molecule has 4 rings (SSSR count). The zero-order valence-corrected chi connectivity index (χ0v) is 17.6. The SMILES string of the molecule is COc1ccc(-n2c(C)cc(C(=O)COC(=O)c3ccc4ccccc4n3)c2C)cc1. The predicted molar refractivity (Wildman–Crippen MR) is 118 cm³/mol. The molecule has 0 aliphatic heterocycles. The quantitative estimate of drug-likeness (QED) is 0.338. The van der Waals surface area contributed by atoms with Crippen LogP contribution in [0.15, 0.2) is 66.7 Å². The monoisotopic (exact) mass is 414 g/mol. The van der Waals surface area contributed by atoms with Gasteiger partial charge in [0.25, 0.3) is 0 Å². The van der Waals surface area contributed by atoms with E-state index in [0.29, 0.717) is 11.1 Å². The molecular formula is C25H22N2O4. The summed E-state index contributed by atoms with van der Waals surface area (Å²) in [6.07, 6.45) is 0. The molecule has 0 atom stereocenters. The van der Waals surface area contributed by atoms with Gasteiger partial charge in [0.15, 0.2) is 6.61 Å². The van der Waals surface area contributed by atoms with Gasteiger partial charge in [-0.1, -0.05) is 24.3 Å². The van der Waals surface area contributed by atoms with Crippen LogP contribution < -0.4 is 4.74 Å². The van der Waals surface area contributed by atoms with Gasteiger partial charge in [-0.25, -0.2) is 9.78 Å². The van der Waals surface area contributed by atoms with Gasteiger partial charge in [0.05, 0.1) is 12.6 Å². The van der Waals surface area contributed by atoms with Gasteiger partial charge in [-0.05, 0) is 56.3 Å². The molecule has 2 heterocycles. The van der Waals surface area contributed by atoms with Crippen LogP contribution in [0.3, 0.4) is 0 Å². The van der Waals surface area contributed by atoms with Gasteiger partial charge in [-0.15, -0.1) is 0 Å². The predicted octanol–water partition coefficient (Wildman–Crippen LogP) is 4.69. The first-order valence-electron chi connectivity index (χ1n) is 9.87. The van der Waals surface area contributed by atoms with Crippen molar-refractivity contribution in [3.05, 3.63) is 89.4 Å². The van der Waals surface area contributed by atoms with Crippen molar-refractivity contribution in [2.24, 2.45) is 0 Å². The molecule has 0 radical (unpaired) electrons. The highest BCUT2D eigenvalue weighted by molar-refractivity contribution is 6.00. The van der Waals surface area contributed by atoms with Crippen LogP contribution in [-0.2, 0) is 4.74 Å². The summed E-state index contributed by atoms with van der Waals surface area (Å²) in [4.78, 5) is 29.5. The average Bonchev–Trinajstić information content (AvgIpc) is 3.10. The van der Waals surface area contributed by atoms with E-state index < -0.39 is 5.97 Å². The van der Waals surface area contributed by atoms with E-state index >= 15 is 0 Å². The van der Waals surface area contributed by atoms with Crippen LogP contribution in [0.5, 0.6) is 5.75 Å². The Hall–Kier alpha value is -3.93. The molecule has 0 spiro atoms. The van der Waals surface area contributed by atoms with Crippen LogP contribution in [0.25, 0.3) is 16.6 Å². The highest BCUT2D eigenvalue weighted by Gasteiger charge is 2.19. The van der Waals surface area contributed by atoms with Gasteiger partial charge in [-0.2, -0.15) is 0 Å². The third-order valence-electron chi connectivity index (χ3n) is 5.20.